The average molecular weight is 1020 g/mol. The molecule has 2 saturated carbocycles. The Morgan fingerprint density at radius 3 is 1.33 bits per heavy atom. The van der Waals surface area contributed by atoms with Crippen molar-refractivity contribution in [2.24, 2.45) is 29.4 Å². The largest absolute Gasteiger partial charge is 0.449 e. The molecule has 2 fully saturated rings. The molecule has 3 aliphatic carbocycles. The normalized spacial score (nSPS) is 17.2. The fraction of sp³-hybridized carbons (Fsp3) is 0.667. The van der Waals surface area contributed by atoms with E-state index in [0.29, 0.717) is 63.5 Å². The first-order valence-electron chi connectivity index (χ1n) is 27.6. The Morgan fingerprint density at radius 2 is 0.904 bits per heavy atom. The van der Waals surface area contributed by atoms with Crippen LogP contribution < -0.4 is 43.0 Å². The van der Waals surface area contributed by atoms with E-state index in [4.69, 9.17) is 10.5 Å². The Kier molecular flexibility index (Phi) is 25.7. The summed E-state index contributed by atoms with van der Waals surface area (Å²) < 4.78 is 5.77. The molecule has 0 spiro atoms. The third-order valence-electron chi connectivity index (χ3n) is 14.4. The van der Waals surface area contributed by atoms with Crippen LogP contribution in [-0.4, -0.2) is 97.5 Å². The van der Waals surface area contributed by atoms with Gasteiger partial charge in [0.15, 0.2) is 0 Å². The van der Waals surface area contributed by atoms with Gasteiger partial charge in [-0.2, -0.15) is 0 Å². The van der Waals surface area contributed by atoms with Gasteiger partial charge in [0.1, 0.15) is 36.8 Å². The lowest BCUT2D eigenvalue weighted by atomic mass is 9.84. The fourth-order valence-electron chi connectivity index (χ4n) is 10.5. The number of hydrogen-bond acceptors (Lipinski definition) is 9. The third kappa shape index (κ3) is 19.4. The number of benzene rings is 2. The summed E-state index contributed by atoms with van der Waals surface area (Å²) in [6.45, 7) is 16.4. The van der Waals surface area contributed by atoms with Gasteiger partial charge in [0.05, 0.1) is 6.04 Å². The summed E-state index contributed by atoms with van der Waals surface area (Å²) in [6, 6.07) is 12.0. The molecule has 2 aromatic carbocycles. The highest BCUT2D eigenvalue weighted by Crippen LogP contribution is 2.44. The minimum atomic E-state index is -0.847. The van der Waals surface area contributed by atoms with E-state index in [9.17, 15) is 33.6 Å². The fourth-order valence-corrected chi connectivity index (χ4v) is 10.5. The Labute approximate surface area is 435 Å². The minimum absolute atomic E-state index is 0.0920. The number of alkyl carbamates (subject to hydrolysis) is 1. The van der Waals surface area contributed by atoms with Crippen LogP contribution in [0.25, 0.3) is 11.1 Å². The van der Waals surface area contributed by atoms with Gasteiger partial charge in [-0.1, -0.05) is 154 Å². The summed E-state index contributed by atoms with van der Waals surface area (Å²) in [6.07, 6.45) is 13.6. The van der Waals surface area contributed by atoms with Gasteiger partial charge in [0, 0.05) is 19.0 Å². The van der Waals surface area contributed by atoms with E-state index in [0.717, 1.165) is 60.8 Å². The number of likely N-dealkylation sites (N-methyl/N-ethyl adjacent to an activating group) is 2. The van der Waals surface area contributed by atoms with Gasteiger partial charge in [0.2, 0.25) is 35.4 Å². The molecule has 6 atom stereocenters. The summed E-state index contributed by atoms with van der Waals surface area (Å²) in [5.74, 6) is -0.751. The van der Waals surface area contributed by atoms with Gasteiger partial charge in [-0.3, -0.25) is 28.8 Å². The molecule has 16 nitrogen and oxygen atoms in total. The Balaban J connectivity index is 0.000000355. The van der Waals surface area contributed by atoms with Crippen LogP contribution in [0.3, 0.4) is 0 Å². The van der Waals surface area contributed by atoms with Crippen LogP contribution in [0.4, 0.5) is 4.79 Å². The predicted octanol–water partition coefficient (Wildman–Crippen LogP) is 7.27. The van der Waals surface area contributed by atoms with Crippen LogP contribution in [0.5, 0.6) is 0 Å². The van der Waals surface area contributed by atoms with Crippen molar-refractivity contribution in [3.63, 3.8) is 0 Å². The summed E-state index contributed by atoms with van der Waals surface area (Å²) in [7, 11) is 0. The van der Waals surface area contributed by atoms with Crippen LogP contribution >= 0.6 is 0 Å². The molecule has 0 bridgehead atoms. The molecule has 0 heterocycles. The number of nitrogens with two attached hydrogens (primary N) is 1. The van der Waals surface area contributed by atoms with E-state index in [-0.39, 0.29) is 48.0 Å². The van der Waals surface area contributed by atoms with Crippen LogP contribution in [0.1, 0.15) is 175 Å². The molecule has 0 aromatic heterocycles. The van der Waals surface area contributed by atoms with Crippen LogP contribution in [0.15, 0.2) is 48.5 Å². The quantitative estimate of drug-likeness (QED) is 0.0498. The van der Waals surface area contributed by atoms with Crippen molar-refractivity contribution in [3.8, 4) is 11.1 Å². The molecule has 7 amide bonds. The lowest BCUT2D eigenvalue weighted by Gasteiger charge is -2.28. The zero-order chi connectivity index (χ0) is 53.5. The van der Waals surface area contributed by atoms with E-state index in [1.54, 1.807) is 0 Å². The Bertz CT molecular complexity index is 2040. The molecule has 0 radical (unpaired) electrons. The first kappa shape index (κ1) is 60.0. The second-order valence-corrected chi connectivity index (χ2v) is 21.2. The van der Waals surface area contributed by atoms with Crippen LogP contribution in [0, 0.1) is 23.7 Å². The molecule has 16 heteroatoms. The molecule has 2 unspecified atom stereocenters. The number of fused-ring (bicyclic) bond motifs is 3. The number of nitrogens with one attached hydrogen (secondary N) is 7. The van der Waals surface area contributed by atoms with Crippen LogP contribution in [-0.2, 0) is 33.5 Å². The highest BCUT2D eigenvalue weighted by Gasteiger charge is 2.34. The standard InChI is InChI=1S/C36H50N4O5.C21H40N4O3/c1-5-30(34(42)39-31(20-23(3)4)33(41)37-6-2)38-35(43)32(21-24-14-8-7-9-15-24)40-36(44)45-22-29-27-18-12-10-16-25(27)26-17-11-13-19-28(26)29;1-5-17(21(28)25-18(12-14(3)4)20(27)23-6-2)24-19(26)16(22)13-15-10-8-7-9-11-15/h10-13,16-19,23-24,29-32H,5-9,14-15,20-22H2,1-4H3,(H,37,41)(H,38,43)(H,39,42)(H,40,44);14-18H,5-13,22H2,1-4H3,(H,23,27)(H,24,26)(H,25,28)/t30-,31?,32-;16-,17-,18?/m00/s1. The summed E-state index contributed by atoms with van der Waals surface area (Å²) in [5, 5.41) is 19.7. The van der Waals surface area contributed by atoms with Gasteiger partial charge in [-0.15, -0.1) is 0 Å². The van der Waals surface area contributed by atoms with Crippen molar-refractivity contribution in [1.82, 2.24) is 37.2 Å². The molecule has 0 saturated heterocycles. The third-order valence-corrected chi connectivity index (χ3v) is 14.4. The van der Waals surface area contributed by atoms with Crippen LogP contribution in [0.2, 0.25) is 0 Å². The van der Waals surface area contributed by atoms with Gasteiger partial charge >= 0.3 is 6.09 Å². The van der Waals surface area contributed by atoms with Gasteiger partial charge in [0.25, 0.3) is 0 Å². The van der Waals surface area contributed by atoms with E-state index >= 15 is 0 Å². The number of ether oxygens (including phenoxy) is 1. The molecular weight excluding hydrogens is 925 g/mol. The number of carbonyl (C=O) groups is 7. The monoisotopic (exact) mass is 1010 g/mol. The lowest BCUT2D eigenvalue weighted by molar-refractivity contribution is -0.133. The van der Waals surface area contributed by atoms with E-state index < -0.39 is 54.2 Å². The lowest BCUT2D eigenvalue weighted by Crippen LogP contribution is -2.57. The number of carbonyl (C=O) groups excluding carboxylic acids is 7. The number of rotatable bonds is 25. The SMILES string of the molecule is CCNC(=O)C(CC(C)C)NC(=O)[C@H](CC)NC(=O)[C@@H](N)CC1CCCCC1.CCNC(=O)C(CC(C)C)NC(=O)[C@H](CC)NC(=O)[C@H](CC1CCCCC1)NC(=O)OCC1c2ccccc2-c2ccccc21. The molecule has 0 aliphatic heterocycles. The zero-order valence-corrected chi connectivity index (χ0v) is 45.2. The molecular formula is C57H90N8O8. The summed E-state index contributed by atoms with van der Waals surface area (Å²) in [5.41, 5.74) is 10.6. The minimum Gasteiger partial charge on any atom is -0.449 e. The molecule has 406 valence electrons. The molecule has 2 aromatic rings. The second kappa shape index (κ2) is 31.3. The Hall–Kier alpha value is -5.51. The zero-order valence-electron chi connectivity index (χ0n) is 45.2. The van der Waals surface area contributed by atoms with Crippen molar-refractivity contribution in [3.05, 3.63) is 59.7 Å². The van der Waals surface area contributed by atoms with Crippen molar-refractivity contribution in [2.45, 2.75) is 200 Å². The first-order valence-corrected chi connectivity index (χ1v) is 27.6. The highest BCUT2D eigenvalue weighted by atomic mass is 16.5. The Morgan fingerprint density at radius 1 is 0.507 bits per heavy atom. The molecule has 73 heavy (non-hydrogen) atoms. The predicted molar refractivity (Wildman–Crippen MR) is 287 cm³/mol. The van der Waals surface area contributed by atoms with Gasteiger partial charge < -0.3 is 47.7 Å². The van der Waals surface area contributed by atoms with E-state index in [2.05, 4.69) is 61.5 Å². The number of hydrogen-bond donors (Lipinski definition) is 8. The van der Waals surface area contributed by atoms with Crippen molar-refractivity contribution >= 4 is 41.5 Å². The van der Waals surface area contributed by atoms with E-state index in [1.165, 1.54) is 25.7 Å². The van der Waals surface area contributed by atoms with Crippen molar-refractivity contribution in [1.29, 1.82) is 0 Å². The smallest absolute Gasteiger partial charge is 0.407 e. The van der Waals surface area contributed by atoms with Crippen molar-refractivity contribution < 1.29 is 38.3 Å². The maximum absolute atomic E-state index is 13.7. The molecule has 5 rings (SSSR count). The summed E-state index contributed by atoms with van der Waals surface area (Å²) >= 11 is 0. The maximum Gasteiger partial charge on any atom is 0.407 e. The average Bonchev–Trinajstić information content (AvgIpc) is 3.69. The maximum atomic E-state index is 13.7. The first-order chi connectivity index (χ1) is 35.0. The van der Waals surface area contributed by atoms with E-state index in [1.807, 2.05) is 79.7 Å². The van der Waals surface area contributed by atoms with Gasteiger partial charge in [-0.25, -0.2) is 4.79 Å². The number of amides is 7. The second-order valence-electron chi connectivity index (χ2n) is 21.2. The van der Waals surface area contributed by atoms with Gasteiger partial charge in [-0.05, 0) is 98.3 Å². The summed E-state index contributed by atoms with van der Waals surface area (Å²) in [4.78, 5) is 90.2. The van der Waals surface area contributed by atoms with Crippen molar-refractivity contribution in [2.75, 3.05) is 19.7 Å². The topological polar surface area (TPSA) is 239 Å². The molecule has 3 aliphatic rings. The molecule has 9 N–H and O–H groups in total. The highest BCUT2D eigenvalue weighted by molar-refractivity contribution is 5.94.